The van der Waals surface area contributed by atoms with Crippen LogP contribution in [0, 0.1) is 16.0 Å². The molecule has 0 atom stereocenters. The van der Waals surface area contributed by atoms with Gasteiger partial charge in [0.15, 0.2) is 5.75 Å². The van der Waals surface area contributed by atoms with E-state index in [1.165, 1.54) is 12.1 Å². The highest BCUT2D eigenvalue weighted by Gasteiger charge is 2.28. The van der Waals surface area contributed by atoms with Crippen molar-refractivity contribution in [2.75, 3.05) is 26.3 Å². The van der Waals surface area contributed by atoms with Gasteiger partial charge in [-0.1, -0.05) is 23.2 Å². The first kappa shape index (κ1) is 20.9. The van der Waals surface area contributed by atoms with Gasteiger partial charge in [0.1, 0.15) is 5.75 Å². The van der Waals surface area contributed by atoms with Gasteiger partial charge in [-0.2, -0.15) is 0 Å². The van der Waals surface area contributed by atoms with Gasteiger partial charge >= 0.3 is 0 Å². The maximum Gasteiger partial charge on any atom is 0.272 e. The summed E-state index contributed by atoms with van der Waals surface area (Å²) < 4.78 is 11.2. The van der Waals surface area contributed by atoms with E-state index in [4.69, 9.17) is 32.7 Å². The fourth-order valence-electron chi connectivity index (χ4n) is 3.86. The summed E-state index contributed by atoms with van der Waals surface area (Å²) in [6, 6.07) is 7.62. The van der Waals surface area contributed by atoms with Gasteiger partial charge in [0, 0.05) is 44.0 Å². The Morgan fingerprint density at radius 1 is 1.17 bits per heavy atom. The molecule has 1 saturated heterocycles. The monoisotopic (exact) mass is 450 g/mol. The van der Waals surface area contributed by atoms with Crippen molar-refractivity contribution < 1.29 is 19.2 Å². The maximum absolute atomic E-state index is 12.9. The normalized spacial score (nSPS) is 17.0. The highest BCUT2D eigenvalue weighted by atomic mass is 35.5. The molecule has 1 fully saturated rings. The smallest absolute Gasteiger partial charge is 0.272 e. The topological polar surface area (TPSA) is 81.9 Å². The SMILES string of the molecule is O=C1c2ccc(Oc3c(Cl)cc([N+](=O)[O-])cc3Cl)cc2CCN1CC1CCOCC1. The van der Waals surface area contributed by atoms with Gasteiger partial charge in [0.05, 0.1) is 15.0 Å². The molecular weight excluding hydrogens is 431 g/mol. The Labute approximate surface area is 183 Å². The van der Waals surface area contributed by atoms with Gasteiger partial charge < -0.3 is 14.4 Å². The van der Waals surface area contributed by atoms with Crippen molar-refractivity contribution in [3.63, 3.8) is 0 Å². The van der Waals surface area contributed by atoms with Crippen LogP contribution in [0.3, 0.4) is 0 Å². The Hall–Kier alpha value is -2.35. The molecule has 0 bridgehead atoms. The van der Waals surface area contributed by atoms with Crippen molar-refractivity contribution in [1.29, 1.82) is 0 Å². The van der Waals surface area contributed by atoms with Crippen LogP contribution in [0.25, 0.3) is 0 Å². The number of nitro benzene ring substituents is 1. The first-order chi connectivity index (χ1) is 14.4. The first-order valence-corrected chi connectivity index (χ1v) is 10.5. The number of ether oxygens (including phenoxy) is 2. The Balaban J connectivity index is 1.50. The summed E-state index contributed by atoms with van der Waals surface area (Å²) in [5.74, 6) is 1.13. The zero-order chi connectivity index (χ0) is 21.3. The van der Waals surface area contributed by atoms with E-state index in [9.17, 15) is 14.9 Å². The van der Waals surface area contributed by atoms with E-state index >= 15 is 0 Å². The first-order valence-electron chi connectivity index (χ1n) is 9.73. The zero-order valence-electron chi connectivity index (χ0n) is 16.1. The highest BCUT2D eigenvalue weighted by Crippen LogP contribution is 2.40. The summed E-state index contributed by atoms with van der Waals surface area (Å²) in [5, 5.41) is 11.0. The number of halogens is 2. The second-order valence-corrected chi connectivity index (χ2v) is 8.29. The van der Waals surface area contributed by atoms with Crippen LogP contribution in [0.15, 0.2) is 30.3 Å². The van der Waals surface area contributed by atoms with Crippen LogP contribution in [0.4, 0.5) is 5.69 Å². The van der Waals surface area contributed by atoms with E-state index in [1.807, 2.05) is 4.90 Å². The second kappa shape index (κ2) is 8.79. The third kappa shape index (κ3) is 4.38. The van der Waals surface area contributed by atoms with Gasteiger partial charge in [0.2, 0.25) is 0 Å². The lowest BCUT2D eigenvalue weighted by Gasteiger charge is -2.33. The quantitative estimate of drug-likeness (QED) is 0.466. The van der Waals surface area contributed by atoms with E-state index in [0.717, 1.165) is 44.6 Å². The Bertz CT molecular complexity index is 968. The predicted molar refractivity (Wildman–Crippen MR) is 113 cm³/mol. The Morgan fingerprint density at radius 3 is 2.53 bits per heavy atom. The molecule has 0 saturated carbocycles. The molecule has 0 aromatic heterocycles. The largest absolute Gasteiger partial charge is 0.454 e. The molecule has 0 unspecified atom stereocenters. The van der Waals surface area contributed by atoms with Gasteiger partial charge in [-0.15, -0.1) is 0 Å². The summed E-state index contributed by atoms with van der Waals surface area (Å²) in [5.41, 5.74) is 1.36. The van der Waals surface area contributed by atoms with Gasteiger partial charge in [0.25, 0.3) is 11.6 Å². The van der Waals surface area contributed by atoms with E-state index in [2.05, 4.69) is 0 Å². The lowest BCUT2D eigenvalue weighted by atomic mass is 9.95. The minimum atomic E-state index is -0.571. The van der Waals surface area contributed by atoms with Crippen LogP contribution in [0.2, 0.25) is 10.0 Å². The summed E-state index contributed by atoms with van der Waals surface area (Å²) in [4.78, 5) is 25.2. The molecule has 158 valence electrons. The third-order valence-corrected chi connectivity index (χ3v) is 6.04. The zero-order valence-corrected chi connectivity index (χ0v) is 17.6. The minimum Gasteiger partial charge on any atom is -0.454 e. The van der Waals surface area contributed by atoms with Crippen molar-refractivity contribution in [3.05, 3.63) is 61.6 Å². The average Bonchev–Trinajstić information content (AvgIpc) is 2.73. The van der Waals surface area contributed by atoms with Crippen molar-refractivity contribution in [3.8, 4) is 11.5 Å². The molecule has 0 spiro atoms. The Morgan fingerprint density at radius 2 is 1.87 bits per heavy atom. The number of amides is 1. The van der Waals surface area contributed by atoms with Crippen molar-refractivity contribution >= 4 is 34.8 Å². The molecule has 2 aliphatic heterocycles. The predicted octanol–water partition coefficient (Wildman–Crippen LogP) is 5.12. The van der Waals surface area contributed by atoms with Gasteiger partial charge in [-0.25, -0.2) is 0 Å². The van der Waals surface area contributed by atoms with Crippen molar-refractivity contribution in [2.45, 2.75) is 19.3 Å². The number of carbonyl (C=O) groups is 1. The maximum atomic E-state index is 12.9. The van der Waals surface area contributed by atoms with Crippen LogP contribution < -0.4 is 4.74 Å². The van der Waals surface area contributed by atoms with E-state index in [1.54, 1.807) is 18.2 Å². The number of fused-ring (bicyclic) bond motifs is 1. The minimum absolute atomic E-state index is 0.0284. The number of hydrogen-bond donors (Lipinski definition) is 0. The van der Waals surface area contributed by atoms with Crippen LogP contribution in [-0.2, 0) is 11.2 Å². The number of hydrogen-bond acceptors (Lipinski definition) is 5. The molecule has 2 heterocycles. The third-order valence-electron chi connectivity index (χ3n) is 5.48. The van der Waals surface area contributed by atoms with E-state index < -0.39 is 4.92 Å². The second-order valence-electron chi connectivity index (χ2n) is 7.47. The summed E-state index contributed by atoms with van der Waals surface area (Å²) in [6.45, 7) is 2.94. The summed E-state index contributed by atoms with van der Waals surface area (Å²) in [7, 11) is 0. The number of nitrogens with zero attached hydrogens (tertiary/aromatic N) is 2. The summed E-state index contributed by atoms with van der Waals surface area (Å²) in [6.07, 6.45) is 2.70. The van der Waals surface area contributed by atoms with Crippen LogP contribution >= 0.6 is 23.2 Å². The average molecular weight is 451 g/mol. The van der Waals surface area contributed by atoms with E-state index in [-0.39, 0.29) is 27.4 Å². The molecule has 1 amide bonds. The van der Waals surface area contributed by atoms with E-state index in [0.29, 0.717) is 23.8 Å². The molecule has 0 aliphatic carbocycles. The number of rotatable bonds is 5. The number of benzene rings is 2. The standard InChI is InChI=1S/C21H20Cl2N2O5/c22-18-10-15(25(27)28)11-19(23)20(18)30-16-1-2-17-14(9-16)3-6-24(21(17)26)12-13-4-7-29-8-5-13/h1-2,9-11,13H,3-8,12H2. The lowest BCUT2D eigenvalue weighted by molar-refractivity contribution is -0.384. The molecule has 9 heteroatoms. The van der Waals surface area contributed by atoms with Crippen LogP contribution in [-0.4, -0.2) is 42.0 Å². The fraction of sp³-hybridized carbons (Fsp3) is 0.381. The molecule has 2 aliphatic rings. The number of nitro groups is 1. The number of non-ortho nitro benzene ring substituents is 1. The lowest BCUT2D eigenvalue weighted by Crippen LogP contribution is -2.41. The molecule has 0 radical (unpaired) electrons. The number of carbonyl (C=O) groups excluding carboxylic acids is 1. The van der Waals surface area contributed by atoms with Crippen LogP contribution in [0.5, 0.6) is 11.5 Å². The Kier molecular flexibility index (Phi) is 6.13. The summed E-state index contributed by atoms with van der Waals surface area (Å²) >= 11 is 12.2. The van der Waals surface area contributed by atoms with Crippen molar-refractivity contribution in [1.82, 2.24) is 4.90 Å². The van der Waals surface area contributed by atoms with Crippen LogP contribution in [0.1, 0.15) is 28.8 Å². The highest BCUT2D eigenvalue weighted by molar-refractivity contribution is 6.37. The molecule has 4 rings (SSSR count). The molecule has 2 aromatic carbocycles. The van der Waals surface area contributed by atoms with Gasteiger partial charge in [-0.3, -0.25) is 14.9 Å². The fourth-order valence-corrected chi connectivity index (χ4v) is 4.41. The molecular formula is C21H20Cl2N2O5. The molecule has 7 nitrogen and oxygen atoms in total. The molecule has 30 heavy (non-hydrogen) atoms. The van der Waals surface area contributed by atoms with Gasteiger partial charge in [-0.05, 0) is 48.9 Å². The molecule has 0 N–H and O–H groups in total. The van der Waals surface area contributed by atoms with Crippen molar-refractivity contribution in [2.24, 2.45) is 5.92 Å². The molecule has 2 aromatic rings.